The van der Waals surface area contributed by atoms with Crippen LogP contribution in [0.25, 0.3) is 11.2 Å². The molecular weight excluding hydrogens is 406 g/mol. The van der Waals surface area contributed by atoms with Crippen molar-refractivity contribution in [2.45, 2.75) is 6.54 Å². The van der Waals surface area contributed by atoms with Gasteiger partial charge in [0.05, 0.1) is 18.5 Å². The van der Waals surface area contributed by atoms with Gasteiger partial charge in [-0.2, -0.15) is 10.1 Å². The van der Waals surface area contributed by atoms with Crippen LogP contribution in [0.5, 0.6) is 0 Å². The quantitative estimate of drug-likeness (QED) is 0.391. The first-order valence-corrected chi connectivity index (χ1v) is 9.44. The number of rotatable bonds is 5. The fourth-order valence-electron chi connectivity index (χ4n) is 3.07. The van der Waals surface area contributed by atoms with Crippen LogP contribution >= 0.6 is 11.6 Å². The summed E-state index contributed by atoms with van der Waals surface area (Å²) < 4.78 is 4.09. The number of fused-ring (bicyclic) bond motifs is 1. The number of pyridine rings is 1. The third-order valence-corrected chi connectivity index (χ3v) is 4.90. The summed E-state index contributed by atoms with van der Waals surface area (Å²) in [6.07, 6.45) is 3.21. The molecule has 0 aliphatic carbocycles. The molecule has 0 spiro atoms. The highest BCUT2D eigenvalue weighted by molar-refractivity contribution is 6.30. The van der Waals surface area contributed by atoms with Gasteiger partial charge in [-0.25, -0.2) is 10.2 Å². The van der Waals surface area contributed by atoms with E-state index in [4.69, 9.17) is 11.6 Å². The highest BCUT2D eigenvalue weighted by Gasteiger charge is 2.19. The van der Waals surface area contributed by atoms with Crippen LogP contribution in [0.3, 0.4) is 0 Å². The van der Waals surface area contributed by atoms with Crippen molar-refractivity contribution in [3.05, 3.63) is 85.8 Å². The van der Waals surface area contributed by atoms with Crippen molar-refractivity contribution in [3.63, 3.8) is 0 Å². The fraction of sp³-hybridized carbons (Fsp3) is 0.150. The molecule has 10 heteroatoms. The van der Waals surface area contributed by atoms with Crippen molar-refractivity contribution >= 4 is 34.9 Å². The lowest BCUT2D eigenvalue weighted by Gasteiger charge is -2.09. The maximum Gasteiger partial charge on any atom is 0.332 e. The Morgan fingerprint density at radius 3 is 2.57 bits per heavy atom. The molecule has 152 valence electrons. The average molecular weight is 424 g/mol. The summed E-state index contributed by atoms with van der Waals surface area (Å²) in [5, 5.41) is 4.81. The minimum absolute atomic E-state index is 0.271. The third-order valence-electron chi connectivity index (χ3n) is 4.65. The van der Waals surface area contributed by atoms with Crippen molar-refractivity contribution in [1.82, 2.24) is 23.7 Å². The fourth-order valence-corrected chi connectivity index (χ4v) is 3.19. The van der Waals surface area contributed by atoms with Crippen LogP contribution in [-0.2, 0) is 20.6 Å². The number of aromatic nitrogens is 5. The zero-order valence-electron chi connectivity index (χ0n) is 16.3. The summed E-state index contributed by atoms with van der Waals surface area (Å²) >= 11 is 5.98. The molecule has 0 saturated heterocycles. The van der Waals surface area contributed by atoms with E-state index in [2.05, 4.69) is 20.5 Å². The Morgan fingerprint density at radius 1 is 1.10 bits per heavy atom. The van der Waals surface area contributed by atoms with Gasteiger partial charge in [0.1, 0.15) is 0 Å². The summed E-state index contributed by atoms with van der Waals surface area (Å²) in [5.74, 6) is 0.324. The molecule has 1 aromatic carbocycles. The predicted octanol–water partition coefficient (Wildman–Crippen LogP) is 1.98. The van der Waals surface area contributed by atoms with Gasteiger partial charge >= 0.3 is 5.69 Å². The van der Waals surface area contributed by atoms with Gasteiger partial charge in [0.2, 0.25) is 5.95 Å². The van der Waals surface area contributed by atoms with Crippen LogP contribution in [-0.4, -0.2) is 29.9 Å². The van der Waals surface area contributed by atoms with Gasteiger partial charge in [0.25, 0.3) is 5.56 Å². The van der Waals surface area contributed by atoms with Crippen LogP contribution in [0.15, 0.2) is 63.4 Å². The molecule has 4 rings (SSSR count). The summed E-state index contributed by atoms with van der Waals surface area (Å²) in [6, 6.07) is 12.7. The number of hydrogen-bond acceptors (Lipinski definition) is 6. The Kier molecular flexibility index (Phi) is 5.20. The molecule has 0 fully saturated rings. The number of aryl methyl sites for hydroxylation is 1. The molecule has 0 saturated carbocycles. The number of halogens is 1. The zero-order valence-corrected chi connectivity index (χ0v) is 17.0. The molecule has 1 N–H and O–H groups in total. The van der Waals surface area contributed by atoms with Crippen LogP contribution in [0.4, 0.5) is 5.95 Å². The molecule has 0 unspecified atom stereocenters. The van der Waals surface area contributed by atoms with Gasteiger partial charge < -0.3 is 0 Å². The van der Waals surface area contributed by atoms with E-state index < -0.39 is 11.2 Å². The standard InChI is InChI=1S/C20H18ClN7O2/c1-26-17-16(18(29)27(2)20(26)30)28(12-13-6-8-14(21)9-7-13)19(24-17)25-23-11-15-5-3-4-10-22-15/h3-11H,12H2,1-2H3,(H,24,25)/b23-11-. The lowest BCUT2D eigenvalue weighted by molar-refractivity contribution is 0.702. The molecule has 0 aliphatic heterocycles. The van der Waals surface area contributed by atoms with E-state index >= 15 is 0 Å². The maximum atomic E-state index is 12.9. The minimum Gasteiger partial charge on any atom is -0.298 e. The Balaban J connectivity index is 1.83. The van der Waals surface area contributed by atoms with Crippen molar-refractivity contribution in [1.29, 1.82) is 0 Å². The van der Waals surface area contributed by atoms with E-state index in [0.717, 1.165) is 10.1 Å². The van der Waals surface area contributed by atoms with Crippen LogP contribution in [0.2, 0.25) is 5.02 Å². The number of anilines is 1. The Labute approximate surface area is 175 Å². The van der Waals surface area contributed by atoms with E-state index in [1.807, 2.05) is 24.3 Å². The van der Waals surface area contributed by atoms with Crippen LogP contribution in [0.1, 0.15) is 11.3 Å². The Hall–Kier alpha value is -3.72. The highest BCUT2D eigenvalue weighted by atomic mass is 35.5. The van der Waals surface area contributed by atoms with E-state index in [1.54, 1.807) is 42.2 Å². The summed E-state index contributed by atoms with van der Waals surface area (Å²) in [5.41, 5.74) is 4.12. The second kappa shape index (κ2) is 7.96. The second-order valence-electron chi connectivity index (χ2n) is 6.65. The van der Waals surface area contributed by atoms with Crippen molar-refractivity contribution < 1.29 is 0 Å². The average Bonchev–Trinajstić information content (AvgIpc) is 3.11. The second-order valence-corrected chi connectivity index (χ2v) is 7.09. The first-order chi connectivity index (χ1) is 14.5. The van der Waals surface area contributed by atoms with E-state index in [1.165, 1.54) is 11.6 Å². The normalized spacial score (nSPS) is 11.4. The molecular formula is C20H18ClN7O2. The van der Waals surface area contributed by atoms with Crippen molar-refractivity contribution in [2.75, 3.05) is 5.43 Å². The number of benzene rings is 1. The lowest BCUT2D eigenvalue weighted by atomic mass is 10.2. The Bertz CT molecular complexity index is 1350. The molecule has 0 atom stereocenters. The molecule has 9 nitrogen and oxygen atoms in total. The Morgan fingerprint density at radius 2 is 1.87 bits per heavy atom. The molecule has 3 aromatic heterocycles. The topological polar surface area (TPSA) is 99.1 Å². The van der Waals surface area contributed by atoms with Gasteiger partial charge in [-0.1, -0.05) is 29.8 Å². The van der Waals surface area contributed by atoms with E-state index in [0.29, 0.717) is 28.7 Å². The predicted molar refractivity (Wildman–Crippen MR) is 116 cm³/mol. The summed E-state index contributed by atoms with van der Waals surface area (Å²) in [6.45, 7) is 0.336. The first-order valence-electron chi connectivity index (χ1n) is 9.06. The third kappa shape index (κ3) is 3.62. The minimum atomic E-state index is -0.452. The molecule has 4 aromatic rings. The molecule has 0 amide bonds. The number of hydrogen-bond donors (Lipinski definition) is 1. The van der Waals surface area contributed by atoms with Crippen LogP contribution < -0.4 is 16.7 Å². The van der Waals surface area contributed by atoms with E-state index in [9.17, 15) is 9.59 Å². The van der Waals surface area contributed by atoms with Gasteiger partial charge in [0.15, 0.2) is 11.2 Å². The van der Waals surface area contributed by atoms with Gasteiger partial charge in [-0.15, -0.1) is 0 Å². The van der Waals surface area contributed by atoms with Gasteiger partial charge in [-0.05, 0) is 29.8 Å². The molecule has 0 aliphatic rings. The molecule has 30 heavy (non-hydrogen) atoms. The summed E-state index contributed by atoms with van der Waals surface area (Å²) in [4.78, 5) is 33.8. The monoisotopic (exact) mass is 423 g/mol. The van der Waals surface area contributed by atoms with Crippen LogP contribution in [0, 0.1) is 0 Å². The number of nitrogens with zero attached hydrogens (tertiary/aromatic N) is 6. The zero-order chi connectivity index (χ0) is 21.3. The number of hydrazone groups is 1. The molecule has 3 heterocycles. The number of imidazole rings is 1. The van der Waals surface area contributed by atoms with Gasteiger partial charge in [0, 0.05) is 25.3 Å². The largest absolute Gasteiger partial charge is 0.332 e. The highest BCUT2D eigenvalue weighted by Crippen LogP contribution is 2.19. The maximum absolute atomic E-state index is 12.9. The van der Waals surface area contributed by atoms with Crippen molar-refractivity contribution in [2.24, 2.45) is 19.2 Å². The van der Waals surface area contributed by atoms with E-state index in [-0.39, 0.29) is 5.65 Å². The SMILES string of the molecule is Cn1c(=O)c2c(nc(N/N=C\c3ccccn3)n2Cc2ccc(Cl)cc2)n(C)c1=O. The molecule has 0 radical (unpaired) electrons. The lowest BCUT2D eigenvalue weighted by Crippen LogP contribution is -2.37. The number of nitrogens with one attached hydrogen (secondary N) is 1. The van der Waals surface area contributed by atoms with Gasteiger partial charge in [-0.3, -0.25) is 23.5 Å². The van der Waals surface area contributed by atoms with Crippen molar-refractivity contribution in [3.8, 4) is 0 Å². The first kappa shape index (κ1) is 19.6. The summed E-state index contributed by atoms with van der Waals surface area (Å²) in [7, 11) is 3.01. The molecule has 0 bridgehead atoms. The smallest absolute Gasteiger partial charge is 0.298 e.